The molecule has 1 aromatic rings. The molecule has 0 N–H and O–H groups in total. The van der Waals surface area contributed by atoms with E-state index in [4.69, 9.17) is 20.0 Å². The first kappa shape index (κ1) is 9.88. The van der Waals surface area contributed by atoms with Crippen LogP contribution in [0.15, 0.2) is 12.1 Å². The fourth-order valence-electron chi connectivity index (χ4n) is 1.13. The molecule has 0 aliphatic carbocycles. The van der Waals surface area contributed by atoms with Crippen molar-refractivity contribution in [2.75, 3.05) is 14.2 Å². The first-order valence-corrected chi connectivity index (χ1v) is 3.83. The van der Waals surface area contributed by atoms with Gasteiger partial charge < -0.3 is 9.47 Å². The maximum atomic E-state index is 8.84. The fraction of sp³-hybridized carbons (Fsp3) is 0.200. The summed E-state index contributed by atoms with van der Waals surface area (Å²) in [7, 11) is 2.91. The van der Waals surface area contributed by atoms with Crippen molar-refractivity contribution in [3.8, 4) is 23.6 Å². The molecule has 0 atom stereocenters. The van der Waals surface area contributed by atoms with Crippen LogP contribution in [0.3, 0.4) is 0 Å². The summed E-state index contributed by atoms with van der Waals surface area (Å²) in [6.45, 7) is 0. The Hall–Kier alpha value is -2.20. The first-order chi connectivity index (χ1) is 6.78. The first-order valence-electron chi connectivity index (χ1n) is 3.83. The van der Waals surface area contributed by atoms with Gasteiger partial charge in [-0.1, -0.05) is 0 Å². The van der Waals surface area contributed by atoms with E-state index in [1.54, 1.807) is 6.07 Å². The number of hydrogen-bond donors (Lipinski definition) is 0. The zero-order valence-electron chi connectivity index (χ0n) is 7.87. The Labute approximate surface area is 81.9 Å². The molecule has 1 rings (SSSR count). The molecule has 0 saturated heterocycles. The highest BCUT2D eigenvalue weighted by Gasteiger charge is 2.13. The van der Waals surface area contributed by atoms with E-state index < -0.39 is 0 Å². The Bertz CT molecular complexity index is 427. The van der Waals surface area contributed by atoms with Crippen molar-refractivity contribution in [3.05, 3.63) is 23.3 Å². The molecule has 0 aromatic heterocycles. The molecule has 0 fully saturated rings. The summed E-state index contributed by atoms with van der Waals surface area (Å²) in [5.41, 5.74) is 0.486. The maximum Gasteiger partial charge on any atom is 0.179 e. The van der Waals surface area contributed by atoms with E-state index in [2.05, 4.69) is 0 Å². The van der Waals surface area contributed by atoms with Crippen LogP contribution < -0.4 is 9.47 Å². The summed E-state index contributed by atoms with van der Waals surface area (Å²) < 4.78 is 9.99. The zero-order valence-corrected chi connectivity index (χ0v) is 7.87. The standard InChI is InChI=1S/C10H8N2O2/c1-13-9-4-3-7(5-11)8(6-12)10(9)14-2/h3-4H,1-2H3. The van der Waals surface area contributed by atoms with Crippen molar-refractivity contribution in [2.24, 2.45) is 0 Å². The monoisotopic (exact) mass is 188 g/mol. The van der Waals surface area contributed by atoms with Gasteiger partial charge in [-0.05, 0) is 12.1 Å². The highest BCUT2D eigenvalue weighted by atomic mass is 16.5. The lowest BCUT2D eigenvalue weighted by atomic mass is 10.1. The van der Waals surface area contributed by atoms with Crippen LogP contribution in [0.1, 0.15) is 11.1 Å². The van der Waals surface area contributed by atoms with E-state index in [1.165, 1.54) is 20.3 Å². The Morgan fingerprint density at radius 3 is 2.21 bits per heavy atom. The maximum absolute atomic E-state index is 8.84. The molecule has 4 heteroatoms. The summed E-state index contributed by atoms with van der Waals surface area (Å²) in [4.78, 5) is 0. The lowest BCUT2D eigenvalue weighted by Crippen LogP contribution is -1.95. The number of rotatable bonds is 2. The average Bonchev–Trinajstić information content (AvgIpc) is 2.26. The van der Waals surface area contributed by atoms with Crippen LogP contribution in [-0.2, 0) is 0 Å². The van der Waals surface area contributed by atoms with Crippen LogP contribution in [0.4, 0.5) is 0 Å². The predicted molar refractivity (Wildman–Crippen MR) is 49.0 cm³/mol. The molecule has 0 bridgehead atoms. The van der Waals surface area contributed by atoms with Crippen molar-refractivity contribution in [1.29, 1.82) is 10.5 Å². The van der Waals surface area contributed by atoms with Crippen LogP contribution in [0.25, 0.3) is 0 Å². The molecule has 4 nitrogen and oxygen atoms in total. The van der Waals surface area contributed by atoms with Gasteiger partial charge in [0.2, 0.25) is 0 Å². The SMILES string of the molecule is COc1ccc(C#N)c(C#N)c1OC. The Kier molecular flexibility index (Phi) is 2.93. The average molecular weight is 188 g/mol. The lowest BCUT2D eigenvalue weighted by molar-refractivity contribution is 0.354. The van der Waals surface area contributed by atoms with Crippen molar-refractivity contribution >= 4 is 0 Å². The molecule has 0 heterocycles. The Morgan fingerprint density at radius 2 is 1.79 bits per heavy atom. The third-order valence-corrected chi connectivity index (χ3v) is 1.78. The minimum Gasteiger partial charge on any atom is -0.493 e. The van der Waals surface area contributed by atoms with Gasteiger partial charge in [-0.2, -0.15) is 10.5 Å². The van der Waals surface area contributed by atoms with E-state index in [-0.39, 0.29) is 11.1 Å². The van der Waals surface area contributed by atoms with Crippen LogP contribution >= 0.6 is 0 Å². The van der Waals surface area contributed by atoms with Crippen molar-refractivity contribution in [1.82, 2.24) is 0 Å². The van der Waals surface area contributed by atoms with Gasteiger partial charge in [0.25, 0.3) is 0 Å². The van der Waals surface area contributed by atoms with Gasteiger partial charge in [-0.3, -0.25) is 0 Å². The van der Waals surface area contributed by atoms with E-state index in [0.29, 0.717) is 11.5 Å². The molecule has 70 valence electrons. The molecule has 0 amide bonds. The fourth-order valence-corrected chi connectivity index (χ4v) is 1.13. The lowest BCUT2D eigenvalue weighted by Gasteiger charge is -2.08. The van der Waals surface area contributed by atoms with Crippen molar-refractivity contribution < 1.29 is 9.47 Å². The second-order valence-corrected chi connectivity index (χ2v) is 2.45. The summed E-state index contributed by atoms with van der Waals surface area (Å²) >= 11 is 0. The molecule has 0 unspecified atom stereocenters. The normalized spacial score (nSPS) is 8.57. The zero-order chi connectivity index (χ0) is 10.6. The van der Waals surface area contributed by atoms with Gasteiger partial charge in [-0.25, -0.2) is 0 Å². The van der Waals surface area contributed by atoms with Crippen LogP contribution in [0.2, 0.25) is 0 Å². The van der Waals surface area contributed by atoms with Gasteiger partial charge >= 0.3 is 0 Å². The second-order valence-electron chi connectivity index (χ2n) is 2.45. The summed E-state index contributed by atoms with van der Waals surface area (Å²) in [5, 5.41) is 17.6. The van der Waals surface area contributed by atoms with Gasteiger partial charge in [-0.15, -0.1) is 0 Å². The molecule has 0 spiro atoms. The smallest absolute Gasteiger partial charge is 0.179 e. The van der Waals surface area contributed by atoms with Crippen molar-refractivity contribution in [3.63, 3.8) is 0 Å². The van der Waals surface area contributed by atoms with Gasteiger partial charge in [0.1, 0.15) is 17.7 Å². The Morgan fingerprint density at radius 1 is 1.07 bits per heavy atom. The number of hydrogen-bond acceptors (Lipinski definition) is 4. The minimum absolute atomic E-state index is 0.203. The van der Waals surface area contributed by atoms with E-state index in [1.807, 2.05) is 12.1 Å². The predicted octanol–water partition coefficient (Wildman–Crippen LogP) is 1.45. The van der Waals surface area contributed by atoms with E-state index >= 15 is 0 Å². The third kappa shape index (κ3) is 1.46. The minimum atomic E-state index is 0.203. The number of nitriles is 2. The topological polar surface area (TPSA) is 66.0 Å². The highest BCUT2D eigenvalue weighted by Crippen LogP contribution is 2.32. The third-order valence-electron chi connectivity index (χ3n) is 1.78. The number of ether oxygens (including phenoxy) is 2. The Balaban J connectivity index is 3.48. The van der Waals surface area contributed by atoms with Gasteiger partial charge in [0.15, 0.2) is 11.5 Å². The molecule has 0 radical (unpaired) electrons. The van der Waals surface area contributed by atoms with Gasteiger partial charge in [0.05, 0.1) is 19.8 Å². The van der Waals surface area contributed by atoms with E-state index in [9.17, 15) is 0 Å². The van der Waals surface area contributed by atoms with Crippen LogP contribution in [0.5, 0.6) is 11.5 Å². The summed E-state index contributed by atoms with van der Waals surface area (Å²) in [5.74, 6) is 0.747. The van der Waals surface area contributed by atoms with Gasteiger partial charge in [0, 0.05) is 0 Å². The molecular weight excluding hydrogens is 180 g/mol. The second kappa shape index (κ2) is 4.15. The molecule has 0 aliphatic heterocycles. The molecule has 1 aromatic carbocycles. The molecular formula is C10H8N2O2. The molecule has 0 saturated carbocycles. The number of nitrogens with zero attached hydrogens (tertiary/aromatic N) is 2. The summed E-state index contributed by atoms with van der Waals surface area (Å²) in [6.07, 6.45) is 0. The number of benzene rings is 1. The van der Waals surface area contributed by atoms with Crippen LogP contribution in [0, 0.1) is 22.7 Å². The van der Waals surface area contributed by atoms with Crippen LogP contribution in [-0.4, -0.2) is 14.2 Å². The van der Waals surface area contributed by atoms with Crippen molar-refractivity contribution in [2.45, 2.75) is 0 Å². The molecule has 0 aliphatic rings. The highest BCUT2D eigenvalue weighted by molar-refractivity contribution is 5.60. The number of methoxy groups -OCH3 is 2. The quantitative estimate of drug-likeness (QED) is 0.704. The summed E-state index contributed by atoms with van der Waals surface area (Å²) in [6, 6.07) is 6.95. The molecule has 14 heavy (non-hydrogen) atoms. The van der Waals surface area contributed by atoms with E-state index in [0.717, 1.165) is 0 Å². The largest absolute Gasteiger partial charge is 0.493 e.